The van der Waals surface area contributed by atoms with Gasteiger partial charge in [-0.2, -0.15) is 5.10 Å². The Balaban J connectivity index is 2.32. The van der Waals surface area contributed by atoms with Crippen molar-refractivity contribution < 1.29 is 0 Å². The van der Waals surface area contributed by atoms with E-state index >= 15 is 0 Å². The van der Waals surface area contributed by atoms with Crippen molar-refractivity contribution in [3.05, 3.63) is 18.0 Å². The van der Waals surface area contributed by atoms with Gasteiger partial charge < -0.3 is 5.32 Å². The Labute approximate surface area is 106 Å². The van der Waals surface area contributed by atoms with E-state index < -0.39 is 0 Å². The predicted octanol–water partition coefficient (Wildman–Crippen LogP) is 2.77. The van der Waals surface area contributed by atoms with Gasteiger partial charge in [-0.05, 0) is 51.6 Å². The molecule has 1 heterocycles. The largest absolute Gasteiger partial charge is 0.312 e. The average Bonchev–Trinajstić information content (AvgIpc) is 2.63. The second-order valence-electron chi connectivity index (χ2n) is 5.97. The number of nitrogens with one attached hydrogen (secondary N) is 1. The van der Waals surface area contributed by atoms with Crippen LogP contribution in [0.15, 0.2) is 12.4 Å². The number of aromatic nitrogens is 2. The molecule has 0 spiro atoms. The molecular formula is C14H27N3. The molecule has 17 heavy (non-hydrogen) atoms. The van der Waals surface area contributed by atoms with Crippen LogP contribution in [0.4, 0.5) is 0 Å². The van der Waals surface area contributed by atoms with E-state index in [0.29, 0.717) is 0 Å². The van der Waals surface area contributed by atoms with Crippen molar-refractivity contribution in [3.8, 4) is 0 Å². The molecule has 1 unspecified atom stereocenters. The lowest BCUT2D eigenvalue weighted by molar-refractivity contribution is 0.352. The van der Waals surface area contributed by atoms with Crippen LogP contribution in [-0.2, 0) is 13.5 Å². The van der Waals surface area contributed by atoms with E-state index in [9.17, 15) is 0 Å². The molecule has 1 aromatic rings. The van der Waals surface area contributed by atoms with E-state index in [2.05, 4.69) is 44.3 Å². The number of hydrogen-bond donors (Lipinski definition) is 1. The smallest absolute Gasteiger partial charge is 0.0521 e. The number of aryl methyl sites for hydroxylation is 2. The minimum atomic E-state index is 0.224. The van der Waals surface area contributed by atoms with Crippen LogP contribution in [0.25, 0.3) is 0 Å². The van der Waals surface area contributed by atoms with Crippen molar-refractivity contribution in [2.24, 2.45) is 13.0 Å². The zero-order chi connectivity index (χ0) is 12.9. The molecule has 0 amide bonds. The van der Waals surface area contributed by atoms with E-state index in [4.69, 9.17) is 0 Å². The number of nitrogens with zero attached hydrogens (tertiary/aromatic N) is 2. The van der Waals surface area contributed by atoms with Gasteiger partial charge in [0.1, 0.15) is 0 Å². The normalized spacial score (nSPS) is 13.9. The standard InChI is InChI=1S/C14H27N3/c1-6-12(9-15-14(2,3)4)7-8-13-10-16-17(5)11-13/h10-12,15H,6-9H2,1-5H3. The molecule has 0 aliphatic carbocycles. The summed E-state index contributed by atoms with van der Waals surface area (Å²) in [5, 5.41) is 7.80. The summed E-state index contributed by atoms with van der Waals surface area (Å²) in [5.74, 6) is 0.759. The lowest BCUT2D eigenvalue weighted by Crippen LogP contribution is -2.39. The van der Waals surface area contributed by atoms with Gasteiger partial charge in [0.15, 0.2) is 0 Å². The third kappa shape index (κ3) is 5.87. The summed E-state index contributed by atoms with van der Waals surface area (Å²) in [4.78, 5) is 0. The Kier molecular flexibility index (Phi) is 5.19. The fourth-order valence-electron chi connectivity index (χ4n) is 1.87. The van der Waals surface area contributed by atoms with Crippen molar-refractivity contribution in [2.75, 3.05) is 6.54 Å². The van der Waals surface area contributed by atoms with Gasteiger partial charge >= 0.3 is 0 Å². The second kappa shape index (κ2) is 6.20. The zero-order valence-electron chi connectivity index (χ0n) is 12.0. The lowest BCUT2D eigenvalue weighted by atomic mass is 9.97. The van der Waals surface area contributed by atoms with Gasteiger partial charge in [-0.3, -0.25) is 4.68 Å². The Morgan fingerprint density at radius 1 is 1.41 bits per heavy atom. The molecule has 0 bridgehead atoms. The van der Waals surface area contributed by atoms with Gasteiger partial charge in [0.25, 0.3) is 0 Å². The van der Waals surface area contributed by atoms with Crippen molar-refractivity contribution >= 4 is 0 Å². The molecule has 0 saturated carbocycles. The van der Waals surface area contributed by atoms with Gasteiger partial charge in [-0.25, -0.2) is 0 Å². The number of rotatable bonds is 6. The fourth-order valence-corrected chi connectivity index (χ4v) is 1.87. The van der Waals surface area contributed by atoms with Crippen molar-refractivity contribution in [2.45, 2.75) is 52.5 Å². The molecule has 1 atom stereocenters. The molecule has 98 valence electrons. The molecule has 1 aromatic heterocycles. The van der Waals surface area contributed by atoms with Crippen molar-refractivity contribution in [1.29, 1.82) is 0 Å². The fraction of sp³-hybridized carbons (Fsp3) is 0.786. The molecule has 1 rings (SSSR count). The van der Waals surface area contributed by atoms with Crippen molar-refractivity contribution in [3.63, 3.8) is 0 Å². The molecule has 0 aromatic carbocycles. The highest BCUT2D eigenvalue weighted by atomic mass is 15.2. The van der Waals surface area contributed by atoms with E-state index in [1.54, 1.807) is 0 Å². The molecule has 0 radical (unpaired) electrons. The molecule has 0 aliphatic rings. The summed E-state index contributed by atoms with van der Waals surface area (Å²) >= 11 is 0. The molecule has 0 aliphatic heterocycles. The van der Waals surface area contributed by atoms with Gasteiger partial charge in [0.05, 0.1) is 6.20 Å². The minimum absolute atomic E-state index is 0.224. The highest BCUT2D eigenvalue weighted by molar-refractivity contribution is 5.03. The van der Waals surface area contributed by atoms with Crippen LogP contribution >= 0.6 is 0 Å². The Hall–Kier alpha value is -0.830. The summed E-state index contributed by atoms with van der Waals surface area (Å²) < 4.78 is 1.88. The summed E-state index contributed by atoms with van der Waals surface area (Å²) in [5.41, 5.74) is 1.57. The summed E-state index contributed by atoms with van der Waals surface area (Å²) in [7, 11) is 1.97. The average molecular weight is 237 g/mol. The summed E-state index contributed by atoms with van der Waals surface area (Å²) in [6, 6.07) is 0. The van der Waals surface area contributed by atoms with Crippen molar-refractivity contribution in [1.82, 2.24) is 15.1 Å². The van der Waals surface area contributed by atoms with Crippen LogP contribution < -0.4 is 5.32 Å². The quantitative estimate of drug-likeness (QED) is 0.824. The van der Waals surface area contributed by atoms with E-state index in [1.165, 1.54) is 18.4 Å². The molecule has 0 saturated heterocycles. The molecular weight excluding hydrogens is 210 g/mol. The van der Waals surface area contributed by atoms with Gasteiger partial charge in [-0.15, -0.1) is 0 Å². The summed E-state index contributed by atoms with van der Waals surface area (Å²) in [6.45, 7) is 10.1. The van der Waals surface area contributed by atoms with Crippen LogP contribution in [0.5, 0.6) is 0 Å². The van der Waals surface area contributed by atoms with Crippen LogP contribution in [0.3, 0.4) is 0 Å². The topological polar surface area (TPSA) is 29.9 Å². The van der Waals surface area contributed by atoms with E-state index in [-0.39, 0.29) is 5.54 Å². The highest BCUT2D eigenvalue weighted by Gasteiger charge is 2.13. The van der Waals surface area contributed by atoms with Gasteiger partial charge in [-0.1, -0.05) is 13.3 Å². The van der Waals surface area contributed by atoms with Crippen LogP contribution in [0.1, 0.15) is 46.1 Å². The van der Waals surface area contributed by atoms with Crippen LogP contribution in [-0.4, -0.2) is 21.9 Å². The molecule has 1 N–H and O–H groups in total. The third-order valence-corrected chi connectivity index (χ3v) is 3.10. The number of hydrogen-bond acceptors (Lipinski definition) is 2. The first-order valence-electron chi connectivity index (χ1n) is 6.63. The lowest BCUT2D eigenvalue weighted by Gasteiger charge is -2.24. The van der Waals surface area contributed by atoms with E-state index in [0.717, 1.165) is 18.9 Å². The predicted molar refractivity (Wildman–Crippen MR) is 73.1 cm³/mol. The maximum Gasteiger partial charge on any atom is 0.0521 e. The SMILES string of the molecule is CCC(CCc1cnn(C)c1)CNC(C)(C)C. The minimum Gasteiger partial charge on any atom is -0.312 e. The molecule has 3 heteroatoms. The molecule has 3 nitrogen and oxygen atoms in total. The third-order valence-electron chi connectivity index (χ3n) is 3.10. The Morgan fingerprint density at radius 3 is 2.59 bits per heavy atom. The second-order valence-corrected chi connectivity index (χ2v) is 5.97. The summed E-state index contributed by atoms with van der Waals surface area (Å²) in [6.07, 6.45) is 7.71. The van der Waals surface area contributed by atoms with Crippen LogP contribution in [0.2, 0.25) is 0 Å². The first-order chi connectivity index (χ1) is 7.90. The van der Waals surface area contributed by atoms with Crippen LogP contribution in [0, 0.1) is 5.92 Å². The Morgan fingerprint density at radius 2 is 2.12 bits per heavy atom. The van der Waals surface area contributed by atoms with E-state index in [1.807, 2.05) is 17.9 Å². The van der Waals surface area contributed by atoms with Gasteiger partial charge in [0.2, 0.25) is 0 Å². The highest BCUT2D eigenvalue weighted by Crippen LogP contribution is 2.13. The maximum atomic E-state index is 4.21. The maximum absolute atomic E-state index is 4.21. The monoisotopic (exact) mass is 237 g/mol. The zero-order valence-corrected chi connectivity index (χ0v) is 12.0. The molecule has 0 fully saturated rings. The first-order valence-corrected chi connectivity index (χ1v) is 6.63. The Bertz CT molecular complexity index is 322. The van der Waals surface area contributed by atoms with Gasteiger partial charge in [0, 0.05) is 18.8 Å². The first kappa shape index (κ1) is 14.2.